The van der Waals surface area contributed by atoms with E-state index in [-0.39, 0.29) is 6.61 Å². The van der Waals surface area contributed by atoms with Crippen LogP contribution in [0.3, 0.4) is 0 Å². The van der Waals surface area contributed by atoms with E-state index in [0.717, 1.165) is 11.3 Å². The highest BCUT2D eigenvalue weighted by atomic mass is 16.5. The molecule has 0 saturated carbocycles. The number of amides is 1. The number of rotatable bonds is 7. The third-order valence-electron chi connectivity index (χ3n) is 3.13. The predicted octanol–water partition coefficient (Wildman–Crippen LogP) is 0.811. The SMILES string of the molecule is CN=C(NCc1cccc(OCC(N)=O)c1)NCc1ccccn1. The van der Waals surface area contributed by atoms with E-state index >= 15 is 0 Å². The van der Waals surface area contributed by atoms with Gasteiger partial charge in [0.1, 0.15) is 5.75 Å². The zero-order chi connectivity index (χ0) is 17.2. The topological polar surface area (TPSA) is 102 Å². The number of aliphatic imine (C=N–C) groups is 1. The summed E-state index contributed by atoms with van der Waals surface area (Å²) in [5.41, 5.74) is 7.00. The maximum atomic E-state index is 10.8. The van der Waals surface area contributed by atoms with Gasteiger partial charge in [-0.05, 0) is 29.8 Å². The monoisotopic (exact) mass is 327 g/mol. The summed E-state index contributed by atoms with van der Waals surface area (Å²) < 4.78 is 5.29. The molecular formula is C17H21N5O2. The average Bonchev–Trinajstić information content (AvgIpc) is 2.61. The van der Waals surface area contributed by atoms with E-state index in [0.29, 0.717) is 24.8 Å². The van der Waals surface area contributed by atoms with Gasteiger partial charge in [-0.2, -0.15) is 0 Å². The molecule has 1 heterocycles. The van der Waals surface area contributed by atoms with Crippen molar-refractivity contribution in [3.8, 4) is 5.75 Å². The van der Waals surface area contributed by atoms with Gasteiger partial charge in [0.2, 0.25) is 0 Å². The molecule has 0 atom stereocenters. The molecule has 0 aliphatic carbocycles. The summed E-state index contributed by atoms with van der Waals surface area (Å²) in [7, 11) is 1.71. The number of primary amides is 1. The van der Waals surface area contributed by atoms with Gasteiger partial charge >= 0.3 is 0 Å². The van der Waals surface area contributed by atoms with Crippen molar-refractivity contribution in [1.82, 2.24) is 15.6 Å². The van der Waals surface area contributed by atoms with Crippen LogP contribution in [0.4, 0.5) is 0 Å². The number of nitrogens with two attached hydrogens (primary N) is 1. The first-order valence-electron chi connectivity index (χ1n) is 7.52. The molecule has 0 aliphatic heterocycles. The highest BCUT2D eigenvalue weighted by Gasteiger charge is 2.02. The lowest BCUT2D eigenvalue weighted by Gasteiger charge is -2.12. The smallest absolute Gasteiger partial charge is 0.255 e. The largest absolute Gasteiger partial charge is 0.484 e. The fourth-order valence-corrected chi connectivity index (χ4v) is 1.98. The van der Waals surface area contributed by atoms with Gasteiger partial charge in [0.25, 0.3) is 5.91 Å². The van der Waals surface area contributed by atoms with Crippen LogP contribution in [-0.2, 0) is 17.9 Å². The van der Waals surface area contributed by atoms with Gasteiger partial charge in [-0.3, -0.25) is 14.8 Å². The molecule has 0 aliphatic rings. The highest BCUT2D eigenvalue weighted by Crippen LogP contribution is 2.13. The van der Waals surface area contributed by atoms with Gasteiger partial charge < -0.3 is 21.1 Å². The van der Waals surface area contributed by atoms with Crippen molar-refractivity contribution in [3.05, 3.63) is 59.9 Å². The molecule has 0 saturated heterocycles. The summed E-state index contributed by atoms with van der Waals surface area (Å²) in [6, 6.07) is 13.2. The fourth-order valence-electron chi connectivity index (χ4n) is 1.98. The first-order chi connectivity index (χ1) is 11.7. The van der Waals surface area contributed by atoms with Gasteiger partial charge in [-0.1, -0.05) is 18.2 Å². The fraction of sp³-hybridized carbons (Fsp3) is 0.235. The standard InChI is InChI=1S/C17H21N5O2/c1-19-17(22-11-14-6-2-3-8-20-14)21-10-13-5-4-7-15(9-13)24-12-16(18)23/h2-9H,10-12H2,1H3,(H2,18,23)(H2,19,21,22). The maximum Gasteiger partial charge on any atom is 0.255 e. The summed E-state index contributed by atoms with van der Waals surface area (Å²) in [4.78, 5) is 19.2. The van der Waals surface area contributed by atoms with Crippen LogP contribution in [0.15, 0.2) is 53.7 Å². The number of nitrogens with zero attached hydrogens (tertiary/aromatic N) is 2. The molecule has 7 nitrogen and oxygen atoms in total. The van der Waals surface area contributed by atoms with Crippen molar-refractivity contribution in [2.45, 2.75) is 13.1 Å². The Kier molecular flexibility index (Phi) is 6.58. The molecule has 1 aromatic heterocycles. The molecule has 0 fully saturated rings. The Morgan fingerprint density at radius 1 is 1.21 bits per heavy atom. The third-order valence-corrected chi connectivity index (χ3v) is 3.13. The molecule has 2 rings (SSSR count). The zero-order valence-corrected chi connectivity index (χ0v) is 13.5. The Morgan fingerprint density at radius 2 is 2.04 bits per heavy atom. The molecule has 0 bridgehead atoms. The molecule has 0 spiro atoms. The van der Waals surface area contributed by atoms with Crippen molar-refractivity contribution in [3.63, 3.8) is 0 Å². The minimum atomic E-state index is -0.502. The number of hydrogen-bond acceptors (Lipinski definition) is 4. The second kappa shape index (κ2) is 9.14. The van der Waals surface area contributed by atoms with Gasteiger partial charge in [0.05, 0.1) is 12.2 Å². The average molecular weight is 327 g/mol. The number of ether oxygens (including phenoxy) is 1. The Morgan fingerprint density at radius 3 is 2.75 bits per heavy atom. The Balaban J connectivity index is 1.84. The minimum Gasteiger partial charge on any atom is -0.484 e. The number of guanidine groups is 1. The van der Waals surface area contributed by atoms with Gasteiger partial charge in [0.15, 0.2) is 12.6 Å². The predicted molar refractivity (Wildman–Crippen MR) is 92.4 cm³/mol. The van der Waals surface area contributed by atoms with Crippen molar-refractivity contribution < 1.29 is 9.53 Å². The summed E-state index contributed by atoms with van der Waals surface area (Å²) in [5, 5.41) is 6.41. The molecule has 4 N–H and O–H groups in total. The molecule has 1 amide bonds. The van der Waals surface area contributed by atoms with E-state index in [1.165, 1.54) is 0 Å². The van der Waals surface area contributed by atoms with Crippen LogP contribution in [0.2, 0.25) is 0 Å². The second-order valence-corrected chi connectivity index (χ2v) is 5.00. The van der Waals surface area contributed by atoms with E-state index in [4.69, 9.17) is 10.5 Å². The molecule has 126 valence electrons. The number of benzene rings is 1. The molecule has 1 aromatic carbocycles. The summed E-state index contributed by atoms with van der Waals surface area (Å²) >= 11 is 0. The second-order valence-electron chi connectivity index (χ2n) is 5.00. The molecule has 0 radical (unpaired) electrons. The summed E-state index contributed by atoms with van der Waals surface area (Å²) in [6.07, 6.45) is 1.75. The van der Waals surface area contributed by atoms with Crippen molar-refractivity contribution in [2.75, 3.05) is 13.7 Å². The minimum absolute atomic E-state index is 0.135. The van der Waals surface area contributed by atoms with E-state index in [1.54, 1.807) is 19.3 Å². The third kappa shape index (κ3) is 5.96. The Hall–Kier alpha value is -3.09. The lowest BCUT2D eigenvalue weighted by atomic mass is 10.2. The first-order valence-corrected chi connectivity index (χ1v) is 7.52. The summed E-state index contributed by atoms with van der Waals surface area (Å²) in [5.74, 6) is 0.770. The number of carbonyl (C=O) groups is 1. The van der Waals surface area contributed by atoms with Crippen LogP contribution >= 0.6 is 0 Å². The lowest BCUT2D eigenvalue weighted by Crippen LogP contribution is -2.36. The van der Waals surface area contributed by atoms with E-state index < -0.39 is 5.91 Å². The van der Waals surface area contributed by atoms with Crippen molar-refractivity contribution in [2.24, 2.45) is 10.7 Å². The molecular weight excluding hydrogens is 306 g/mol. The first kappa shape index (κ1) is 17.3. The maximum absolute atomic E-state index is 10.8. The molecule has 7 heteroatoms. The van der Waals surface area contributed by atoms with Crippen LogP contribution in [0.5, 0.6) is 5.75 Å². The van der Waals surface area contributed by atoms with Crippen LogP contribution in [0, 0.1) is 0 Å². The highest BCUT2D eigenvalue weighted by molar-refractivity contribution is 5.79. The number of aromatic nitrogens is 1. The molecule has 2 aromatic rings. The number of carbonyl (C=O) groups excluding carboxylic acids is 1. The van der Waals surface area contributed by atoms with Crippen molar-refractivity contribution >= 4 is 11.9 Å². The summed E-state index contributed by atoms with van der Waals surface area (Å²) in [6.45, 7) is 1.02. The van der Waals surface area contributed by atoms with E-state index in [9.17, 15) is 4.79 Å². The zero-order valence-electron chi connectivity index (χ0n) is 13.5. The lowest BCUT2D eigenvalue weighted by molar-refractivity contribution is -0.119. The molecule has 0 unspecified atom stereocenters. The van der Waals surface area contributed by atoms with Gasteiger partial charge in [-0.15, -0.1) is 0 Å². The van der Waals surface area contributed by atoms with Crippen LogP contribution in [0.1, 0.15) is 11.3 Å². The van der Waals surface area contributed by atoms with Crippen LogP contribution < -0.4 is 21.1 Å². The van der Waals surface area contributed by atoms with Crippen LogP contribution in [0.25, 0.3) is 0 Å². The molecule has 24 heavy (non-hydrogen) atoms. The van der Waals surface area contributed by atoms with Crippen molar-refractivity contribution in [1.29, 1.82) is 0 Å². The number of pyridine rings is 1. The van der Waals surface area contributed by atoms with Gasteiger partial charge in [-0.25, -0.2) is 0 Å². The van der Waals surface area contributed by atoms with Gasteiger partial charge in [0, 0.05) is 19.8 Å². The normalized spacial score (nSPS) is 11.0. The van der Waals surface area contributed by atoms with E-state index in [2.05, 4.69) is 20.6 Å². The number of hydrogen-bond donors (Lipinski definition) is 3. The van der Waals surface area contributed by atoms with E-state index in [1.807, 2.05) is 36.4 Å². The Labute approximate surface area is 141 Å². The number of nitrogens with one attached hydrogen (secondary N) is 2. The van der Waals surface area contributed by atoms with Crippen LogP contribution in [-0.4, -0.2) is 30.5 Å². The quantitative estimate of drug-likeness (QED) is 0.516. The Bertz CT molecular complexity index is 688.